The molecule has 0 bridgehead atoms. The molecule has 10 nitrogen and oxygen atoms in total. The second-order valence-electron chi connectivity index (χ2n) is 9.87. The van der Waals surface area contributed by atoms with Gasteiger partial charge in [-0.3, -0.25) is 19.4 Å². The number of nitrogens with one attached hydrogen (secondary N) is 3. The Bertz CT molecular complexity index is 1630. The summed E-state index contributed by atoms with van der Waals surface area (Å²) in [6.07, 6.45) is 5.88. The minimum absolute atomic E-state index is 0.244. The zero-order chi connectivity index (χ0) is 28.8. The van der Waals surface area contributed by atoms with Crippen LogP contribution in [0.1, 0.15) is 32.0 Å². The molecule has 0 unspecified atom stereocenters. The average molecular weight is 553 g/mol. The van der Waals surface area contributed by atoms with Crippen LogP contribution in [0.4, 0.5) is 17.1 Å². The van der Waals surface area contributed by atoms with Gasteiger partial charge in [-0.25, -0.2) is 0 Å². The molecular formula is C31H36N8O2. The molecule has 2 aromatic heterocycles. The molecule has 0 aliphatic carbocycles. The van der Waals surface area contributed by atoms with Crippen LogP contribution in [0.3, 0.4) is 0 Å². The molecule has 1 aliphatic heterocycles. The predicted molar refractivity (Wildman–Crippen MR) is 163 cm³/mol. The molecule has 0 radical (unpaired) electrons. The van der Waals surface area contributed by atoms with Crippen LogP contribution in [-0.2, 0) is 17.8 Å². The fourth-order valence-corrected chi connectivity index (χ4v) is 5.16. The molecule has 41 heavy (non-hydrogen) atoms. The molecule has 1 aliphatic rings. The molecule has 5 rings (SSSR count). The lowest BCUT2D eigenvalue weighted by Crippen LogP contribution is -2.43. The number of nitriles is 1. The van der Waals surface area contributed by atoms with Crippen LogP contribution in [0.15, 0.2) is 48.7 Å². The number of aromatic nitrogens is 3. The van der Waals surface area contributed by atoms with Crippen molar-refractivity contribution in [2.24, 2.45) is 0 Å². The summed E-state index contributed by atoms with van der Waals surface area (Å²) in [6, 6.07) is 12.1. The molecule has 0 spiro atoms. The van der Waals surface area contributed by atoms with Crippen molar-refractivity contribution >= 4 is 44.8 Å². The summed E-state index contributed by atoms with van der Waals surface area (Å²) in [5.41, 5.74) is 4.88. The Morgan fingerprint density at radius 2 is 2.02 bits per heavy atom. The molecule has 1 saturated heterocycles. The van der Waals surface area contributed by atoms with E-state index in [1.54, 1.807) is 6.08 Å². The Morgan fingerprint density at radius 1 is 1.20 bits per heavy atom. The molecule has 0 saturated carbocycles. The summed E-state index contributed by atoms with van der Waals surface area (Å²) in [4.78, 5) is 20.0. The topological polar surface area (TPSA) is 120 Å². The van der Waals surface area contributed by atoms with Gasteiger partial charge in [0.25, 0.3) is 0 Å². The summed E-state index contributed by atoms with van der Waals surface area (Å²) in [7, 11) is 0. The van der Waals surface area contributed by atoms with Gasteiger partial charge in [-0.15, -0.1) is 0 Å². The maximum absolute atomic E-state index is 12.9. The van der Waals surface area contributed by atoms with Crippen LogP contribution in [0, 0.1) is 11.3 Å². The number of aryl methyl sites for hydroxylation is 2. The third kappa shape index (κ3) is 6.16. The highest BCUT2D eigenvalue weighted by molar-refractivity contribution is 6.05. The van der Waals surface area contributed by atoms with E-state index < -0.39 is 0 Å². The Kier molecular flexibility index (Phi) is 8.77. The van der Waals surface area contributed by atoms with Crippen LogP contribution < -0.4 is 20.7 Å². The Morgan fingerprint density at radius 3 is 2.76 bits per heavy atom. The number of benzene rings is 2. The number of amides is 1. The first-order chi connectivity index (χ1) is 20.0. The van der Waals surface area contributed by atoms with E-state index in [-0.39, 0.29) is 5.91 Å². The van der Waals surface area contributed by atoms with Gasteiger partial charge in [0, 0.05) is 67.9 Å². The Labute approximate surface area is 240 Å². The standard InChI is InChI=1S/C31H36N8O2/c1-4-25-24(19-32)31(35-22-9-10-28-21(16-22)20-34-39(28)5-2)23-17-27(29(41-6-3)18-26(23)36-25)37-30(40)8-7-13-38-14-11-33-12-15-38/h7-10,16-18,20,33H,4-6,11-15H2,1-3H3,(H,35,36)(H,37,40)/b8-7+. The number of carbonyl (C=O) groups excluding carboxylic acids is 1. The number of pyridine rings is 1. The number of anilines is 3. The molecule has 212 valence electrons. The molecule has 3 N–H and O–H groups in total. The zero-order valence-electron chi connectivity index (χ0n) is 23.8. The first-order valence-electron chi connectivity index (χ1n) is 14.2. The quantitative estimate of drug-likeness (QED) is 0.245. The second kappa shape index (κ2) is 12.8. The van der Waals surface area contributed by atoms with Gasteiger partial charge in [0.1, 0.15) is 11.8 Å². The van der Waals surface area contributed by atoms with Crippen molar-refractivity contribution in [3.63, 3.8) is 0 Å². The third-order valence-electron chi connectivity index (χ3n) is 7.22. The molecule has 4 aromatic rings. The summed E-state index contributed by atoms with van der Waals surface area (Å²) < 4.78 is 7.85. The summed E-state index contributed by atoms with van der Waals surface area (Å²) in [6.45, 7) is 11.7. The lowest BCUT2D eigenvalue weighted by Gasteiger charge is -2.25. The lowest BCUT2D eigenvalue weighted by atomic mass is 10.0. The Hall–Kier alpha value is -4.46. The van der Waals surface area contributed by atoms with Crippen LogP contribution in [0.2, 0.25) is 0 Å². The van der Waals surface area contributed by atoms with E-state index in [0.29, 0.717) is 52.3 Å². The monoisotopic (exact) mass is 552 g/mol. The van der Waals surface area contributed by atoms with Gasteiger partial charge in [-0.2, -0.15) is 10.4 Å². The lowest BCUT2D eigenvalue weighted by molar-refractivity contribution is -0.111. The minimum Gasteiger partial charge on any atom is -0.492 e. The highest BCUT2D eigenvalue weighted by atomic mass is 16.5. The highest BCUT2D eigenvalue weighted by Crippen LogP contribution is 2.38. The first-order valence-corrected chi connectivity index (χ1v) is 14.2. The van der Waals surface area contributed by atoms with E-state index in [9.17, 15) is 10.1 Å². The number of hydrogen-bond donors (Lipinski definition) is 3. The van der Waals surface area contributed by atoms with Crippen molar-refractivity contribution in [1.82, 2.24) is 25.0 Å². The molecule has 0 atom stereocenters. The van der Waals surface area contributed by atoms with Gasteiger partial charge in [0.05, 0.1) is 46.5 Å². The maximum Gasteiger partial charge on any atom is 0.248 e. The molecule has 3 heterocycles. The zero-order valence-corrected chi connectivity index (χ0v) is 23.8. The van der Waals surface area contributed by atoms with Crippen LogP contribution in [-0.4, -0.2) is 64.9 Å². The van der Waals surface area contributed by atoms with E-state index in [4.69, 9.17) is 9.72 Å². The van der Waals surface area contributed by atoms with Crippen molar-refractivity contribution in [2.45, 2.75) is 33.7 Å². The fourth-order valence-electron chi connectivity index (χ4n) is 5.16. The molecule has 10 heteroatoms. The second-order valence-corrected chi connectivity index (χ2v) is 9.87. The van der Waals surface area contributed by atoms with Crippen molar-refractivity contribution < 1.29 is 9.53 Å². The summed E-state index contributed by atoms with van der Waals surface area (Å²) in [5, 5.41) is 26.1. The molecule has 1 amide bonds. The molecule has 2 aromatic carbocycles. The average Bonchev–Trinajstić information content (AvgIpc) is 3.40. The van der Waals surface area contributed by atoms with Gasteiger partial charge in [-0.1, -0.05) is 13.0 Å². The molecule has 1 fully saturated rings. The smallest absolute Gasteiger partial charge is 0.248 e. The van der Waals surface area contributed by atoms with Crippen molar-refractivity contribution in [1.29, 1.82) is 5.26 Å². The van der Waals surface area contributed by atoms with Gasteiger partial charge < -0.3 is 20.7 Å². The van der Waals surface area contributed by atoms with Gasteiger partial charge >= 0.3 is 0 Å². The van der Waals surface area contributed by atoms with Crippen molar-refractivity contribution in [3.8, 4) is 11.8 Å². The normalized spacial score (nSPS) is 14.0. The minimum atomic E-state index is -0.244. The van der Waals surface area contributed by atoms with E-state index in [1.807, 2.05) is 61.1 Å². The van der Waals surface area contributed by atoms with Crippen LogP contribution in [0.5, 0.6) is 5.75 Å². The predicted octanol–water partition coefficient (Wildman–Crippen LogP) is 4.58. The van der Waals surface area contributed by atoms with E-state index in [1.165, 1.54) is 0 Å². The first kappa shape index (κ1) is 28.1. The van der Waals surface area contributed by atoms with E-state index in [2.05, 4.69) is 38.9 Å². The number of rotatable bonds is 10. The fraction of sp³-hybridized carbons (Fsp3) is 0.355. The maximum atomic E-state index is 12.9. The van der Waals surface area contributed by atoms with E-state index >= 15 is 0 Å². The number of piperazine rings is 1. The largest absolute Gasteiger partial charge is 0.492 e. The van der Waals surface area contributed by atoms with Gasteiger partial charge in [0.15, 0.2) is 0 Å². The van der Waals surface area contributed by atoms with Crippen molar-refractivity contribution in [3.05, 3.63) is 59.9 Å². The summed E-state index contributed by atoms with van der Waals surface area (Å²) >= 11 is 0. The number of fused-ring (bicyclic) bond motifs is 2. The third-order valence-corrected chi connectivity index (χ3v) is 7.22. The Balaban J connectivity index is 1.51. The van der Waals surface area contributed by atoms with Crippen LogP contribution >= 0.6 is 0 Å². The van der Waals surface area contributed by atoms with Crippen LogP contribution in [0.25, 0.3) is 21.8 Å². The van der Waals surface area contributed by atoms with Gasteiger partial charge in [-0.05, 0) is 44.5 Å². The SMILES string of the molecule is CCOc1cc2nc(CC)c(C#N)c(Nc3ccc4c(cnn4CC)c3)c2cc1NC(=O)/C=C/CN1CCNCC1. The van der Waals surface area contributed by atoms with Crippen molar-refractivity contribution in [2.75, 3.05) is 50.0 Å². The number of carbonyl (C=O) groups is 1. The number of nitrogens with zero attached hydrogens (tertiary/aromatic N) is 5. The highest BCUT2D eigenvalue weighted by Gasteiger charge is 2.19. The summed E-state index contributed by atoms with van der Waals surface area (Å²) in [5.74, 6) is 0.287. The van der Waals surface area contributed by atoms with Gasteiger partial charge in [0.2, 0.25) is 5.91 Å². The molecular weight excluding hydrogens is 516 g/mol. The van der Waals surface area contributed by atoms with E-state index in [0.717, 1.165) is 55.9 Å². The number of ether oxygens (including phenoxy) is 1. The number of hydrogen-bond acceptors (Lipinski definition) is 8.